The molecular formula is C16H31N3. The van der Waals surface area contributed by atoms with Gasteiger partial charge in [-0.3, -0.25) is 5.32 Å². The normalized spacial score (nSPS) is 20.8. The van der Waals surface area contributed by atoms with Gasteiger partial charge in [-0.2, -0.15) is 5.26 Å². The Morgan fingerprint density at radius 3 is 2.42 bits per heavy atom. The molecule has 0 bridgehead atoms. The topological polar surface area (TPSA) is 39.1 Å². The minimum atomic E-state index is -0.348. The fourth-order valence-corrected chi connectivity index (χ4v) is 3.14. The second kappa shape index (κ2) is 8.55. The molecule has 3 nitrogen and oxygen atoms in total. The molecule has 3 heteroatoms. The first-order chi connectivity index (χ1) is 9.11. The van der Waals surface area contributed by atoms with Crippen LogP contribution in [0.5, 0.6) is 0 Å². The lowest BCUT2D eigenvalue weighted by Gasteiger charge is -2.29. The lowest BCUT2D eigenvalue weighted by atomic mass is 9.97. The summed E-state index contributed by atoms with van der Waals surface area (Å²) >= 11 is 0. The van der Waals surface area contributed by atoms with Crippen LogP contribution in [-0.2, 0) is 0 Å². The predicted octanol–water partition coefficient (Wildman–Crippen LogP) is 3.31. The highest BCUT2D eigenvalue weighted by Gasteiger charge is 2.22. The summed E-state index contributed by atoms with van der Waals surface area (Å²) in [6.45, 7) is 6.06. The maximum absolute atomic E-state index is 9.24. The highest BCUT2D eigenvalue weighted by Crippen LogP contribution is 2.21. The van der Waals surface area contributed by atoms with Crippen LogP contribution in [0.4, 0.5) is 0 Å². The quantitative estimate of drug-likeness (QED) is 0.718. The van der Waals surface area contributed by atoms with E-state index >= 15 is 0 Å². The Morgan fingerprint density at radius 2 is 1.89 bits per heavy atom. The molecule has 1 unspecified atom stereocenters. The lowest BCUT2D eigenvalue weighted by molar-refractivity contribution is 0.211. The molecule has 1 rings (SSSR count). The molecule has 0 aromatic carbocycles. The van der Waals surface area contributed by atoms with E-state index in [4.69, 9.17) is 0 Å². The van der Waals surface area contributed by atoms with E-state index in [1.165, 1.54) is 38.5 Å². The molecular weight excluding hydrogens is 234 g/mol. The van der Waals surface area contributed by atoms with Crippen LogP contribution in [0.2, 0.25) is 0 Å². The highest BCUT2D eigenvalue weighted by molar-refractivity contribution is 5.03. The fraction of sp³-hybridized carbons (Fsp3) is 0.938. The largest absolute Gasteiger partial charge is 0.303 e. The summed E-state index contributed by atoms with van der Waals surface area (Å²) in [7, 11) is 2.26. The van der Waals surface area contributed by atoms with Crippen LogP contribution in [0.25, 0.3) is 0 Å². The van der Waals surface area contributed by atoms with Gasteiger partial charge in [0.25, 0.3) is 0 Å². The van der Waals surface area contributed by atoms with E-state index in [9.17, 15) is 5.26 Å². The molecule has 1 saturated carbocycles. The zero-order valence-electron chi connectivity index (χ0n) is 13.0. The zero-order valence-corrected chi connectivity index (χ0v) is 13.0. The van der Waals surface area contributed by atoms with Gasteiger partial charge in [0.15, 0.2) is 0 Å². The summed E-state index contributed by atoms with van der Waals surface area (Å²) in [5.41, 5.74) is -0.348. The number of nitrogens with one attached hydrogen (secondary N) is 1. The first-order valence-electron chi connectivity index (χ1n) is 7.98. The van der Waals surface area contributed by atoms with Gasteiger partial charge in [0.05, 0.1) is 6.07 Å². The van der Waals surface area contributed by atoms with Crippen molar-refractivity contribution >= 4 is 0 Å². The Bertz CT molecular complexity index is 276. The third-order valence-electron chi connectivity index (χ3n) is 4.45. The first kappa shape index (κ1) is 16.5. The van der Waals surface area contributed by atoms with Crippen LogP contribution in [0.1, 0.15) is 65.2 Å². The molecule has 0 aromatic rings. The van der Waals surface area contributed by atoms with Crippen molar-refractivity contribution < 1.29 is 0 Å². The number of hydrogen-bond acceptors (Lipinski definition) is 3. The Morgan fingerprint density at radius 1 is 1.26 bits per heavy atom. The molecule has 0 aliphatic heterocycles. The maximum Gasteiger partial charge on any atom is 0.103 e. The third kappa shape index (κ3) is 5.93. The standard InChI is InChI=1S/C16H31N3/c1-4-18-16(2,14-17)12-9-13-19(3)15-10-7-5-6-8-11-15/h15,18H,4-13H2,1-3H3. The smallest absolute Gasteiger partial charge is 0.103 e. The van der Waals surface area contributed by atoms with Gasteiger partial charge in [-0.25, -0.2) is 0 Å². The van der Waals surface area contributed by atoms with E-state index in [-0.39, 0.29) is 5.54 Å². The van der Waals surface area contributed by atoms with Crippen molar-refractivity contribution in [1.82, 2.24) is 10.2 Å². The van der Waals surface area contributed by atoms with Crippen molar-refractivity contribution in [2.24, 2.45) is 0 Å². The molecule has 1 N–H and O–H groups in total. The summed E-state index contributed by atoms with van der Waals surface area (Å²) in [4.78, 5) is 2.52. The van der Waals surface area contributed by atoms with Crippen LogP contribution in [-0.4, -0.2) is 36.6 Å². The molecule has 0 aromatic heterocycles. The van der Waals surface area contributed by atoms with Gasteiger partial charge in [0, 0.05) is 6.04 Å². The van der Waals surface area contributed by atoms with Crippen LogP contribution in [0.15, 0.2) is 0 Å². The van der Waals surface area contributed by atoms with E-state index in [2.05, 4.69) is 30.3 Å². The molecule has 1 fully saturated rings. The monoisotopic (exact) mass is 265 g/mol. The summed E-state index contributed by atoms with van der Waals surface area (Å²) in [6, 6.07) is 3.19. The molecule has 0 heterocycles. The van der Waals surface area contributed by atoms with Crippen molar-refractivity contribution in [2.45, 2.75) is 76.8 Å². The molecule has 0 amide bonds. The second-order valence-corrected chi connectivity index (χ2v) is 6.20. The summed E-state index contributed by atoms with van der Waals surface area (Å²) in [6.07, 6.45) is 10.4. The molecule has 0 saturated heterocycles. The van der Waals surface area contributed by atoms with Gasteiger partial charge in [-0.15, -0.1) is 0 Å². The van der Waals surface area contributed by atoms with Gasteiger partial charge in [0.1, 0.15) is 5.54 Å². The first-order valence-corrected chi connectivity index (χ1v) is 7.98. The van der Waals surface area contributed by atoms with Crippen molar-refractivity contribution in [2.75, 3.05) is 20.1 Å². The van der Waals surface area contributed by atoms with Crippen molar-refractivity contribution in [3.8, 4) is 6.07 Å². The van der Waals surface area contributed by atoms with Crippen LogP contribution < -0.4 is 5.32 Å². The second-order valence-electron chi connectivity index (χ2n) is 6.20. The molecule has 0 spiro atoms. The highest BCUT2D eigenvalue weighted by atomic mass is 15.1. The van der Waals surface area contributed by atoms with Gasteiger partial charge in [-0.05, 0) is 52.7 Å². The van der Waals surface area contributed by atoms with Crippen molar-refractivity contribution in [3.05, 3.63) is 0 Å². The molecule has 0 radical (unpaired) electrons. The lowest BCUT2D eigenvalue weighted by Crippen LogP contribution is -2.41. The van der Waals surface area contributed by atoms with E-state index in [1.54, 1.807) is 0 Å². The number of nitriles is 1. The van der Waals surface area contributed by atoms with E-state index < -0.39 is 0 Å². The van der Waals surface area contributed by atoms with Crippen LogP contribution in [0, 0.1) is 11.3 Å². The van der Waals surface area contributed by atoms with Gasteiger partial charge < -0.3 is 4.90 Å². The van der Waals surface area contributed by atoms with Gasteiger partial charge in [-0.1, -0.05) is 32.6 Å². The van der Waals surface area contributed by atoms with Crippen LogP contribution >= 0.6 is 0 Å². The Kier molecular flexibility index (Phi) is 7.41. The van der Waals surface area contributed by atoms with Crippen LogP contribution in [0.3, 0.4) is 0 Å². The molecule has 1 aliphatic carbocycles. The minimum Gasteiger partial charge on any atom is -0.303 e. The molecule has 110 valence electrons. The fourth-order valence-electron chi connectivity index (χ4n) is 3.14. The van der Waals surface area contributed by atoms with E-state index in [1.807, 2.05) is 6.92 Å². The predicted molar refractivity (Wildman–Crippen MR) is 81.0 cm³/mol. The Hall–Kier alpha value is -0.590. The van der Waals surface area contributed by atoms with E-state index in [0.717, 1.165) is 32.0 Å². The average molecular weight is 265 g/mol. The summed E-state index contributed by atoms with van der Waals surface area (Å²) < 4.78 is 0. The van der Waals surface area contributed by atoms with Crippen molar-refractivity contribution in [3.63, 3.8) is 0 Å². The minimum absolute atomic E-state index is 0.348. The summed E-state index contributed by atoms with van der Waals surface area (Å²) in [5.74, 6) is 0. The molecule has 19 heavy (non-hydrogen) atoms. The van der Waals surface area contributed by atoms with Gasteiger partial charge >= 0.3 is 0 Å². The van der Waals surface area contributed by atoms with Crippen molar-refractivity contribution in [1.29, 1.82) is 5.26 Å². The number of hydrogen-bond donors (Lipinski definition) is 1. The van der Waals surface area contributed by atoms with E-state index in [0.29, 0.717) is 0 Å². The Labute approximate surface area is 119 Å². The molecule has 1 atom stereocenters. The number of nitrogens with zero attached hydrogens (tertiary/aromatic N) is 2. The average Bonchev–Trinajstić information content (AvgIpc) is 2.68. The SMILES string of the molecule is CCNC(C)(C#N)CCCN(C)C1CCCCCC1. The number of rotatable bonds is 7. The summed E-state index contributed by atoms with van der Waals surface area (Å²) in [5, 5.41) is 12.5. The molecule has 1 aliphatic rings. The van der Waals surface area contributed by atoms with Gasteiger partial charge in [0.2, 0.25) is 0 Å². The Balaban J connectivity index is 2.29. The maximum atomic E-state index is 9.24. The zero-order chi connectivity index (χ0) is 14.1. The third-order valence-corrected chi connectivity index (χ3v) is 4.45.